The highest BCUT2D eigenvalue weighted by Crippen LogP contribution is 2.18. The second kappa shape index (κ2) is 9.54. The Kier molecular flexibility index (Phi) is 7.38. The minimum atomic E-state index is -0.612. The number of hydrogen-bond acceptors (Lipinski definition) is 7. The second-order valence-electron chi connectivity index (χ2n) is 7.16. The molecular formula is C18H27N5O4S. The number of alkyl carbamates (subject to hydrolysis) is 1. The Hall–Kier alpha value is -2.62. The van der Waals surface area contributed by atoms with Crippen molar-refractivity contribution in [3.63, 3.8) is 0 Å². The van der Waals surface area contributed by atoms with Gasteiger partial charge in [-0.25, -0.2) is 14.6 Å². The van der Waals surface area contributed by atoms with Crippen molar-refractivity contribution in [3.8, 4) is 0 Å². The van der Waals surface area contributed by atoms with Crippen LogP contribution in [0, 0.1) is 0 Å². The van der Waals surface area contributed by atoms with E-state index in [0.717, 1.165) is 5.69 Å². The molecule has 1 aliphatic heterocycles. The number of anilines is 2. The number of thiocarbonyl (C=S) groups is 1. The molecule has 9 nitrogen and oxygen atoms in total. The van der Waals surface area contributed by atoms with Gasteiger partial charge in [-0.3, -0.25) is 5.32 Å². The average molecular weight is 410 g/mol. The monoisotopic (exact) mass is 409 g/mol. The molecule has 0 spiro atoms. The number of hydrogen-bond donors (Lipinski definition) is 2. The number of aromatic nitrogens is 1. The van der Waals surface area contributed by atoms with E-state index in [2.05, 4.69) is 20.5 Å². The Labute approximate surface area is 170 Å². The molecule has 0 unspecified atom stereocenters. The highest BCUT2D eigenvalue weighted by Gasteiger charge is 2.26. The molecular weight excluding hydrogens is 382 g/mol. The molecule has 2 heterocycles. The van der Waals surface area contributed by atoms with Crippen LogP contribution in [0.2, 0.25) is 0 Å². The quantitative estimate of drug-likeness (QED) is 0.736. The van der Waals surface area contributed by atoms with Crippen molar-refractivity contribution in [2.75, 3.05) is 43.0 Å². The molecule has 0 radical (unpaired) electrons. The van der Waals surface area contributed by atoms with Crippen LogP contribution in [0.4, 0.5) is 21.1 Å². The first-order valence-corrected chi connectivity index (χ1v) is 9.52. The van der Waals surface area contributed by atoms with Gasteiger partial charge in [0, 0.05) is 26.2 Å². The fraction of sp³-hybridized carbons (Fsp3) is 0.556. The summed E-state index contributed by atoms with van der Waals surface area (Å²) in [6, 6.07) is 3.68. The first-order valence-electron chi connectivity index (χ1n) is 9.11. The van der Waals surface area contributed by atoms with E-state index < -0.39 is 11.7 Å². The topological polar surface area (TPSA) is 96.0 Å². The fourth-order valence-corrected chi connectivity index (χ4v) is 2.72. The van der Waals surface area contributed by atoms with Crippen molar-refractivity contribution < 1.29 is 19.1 Å². The summed E-state index contributed by atoms with van der Waals surface area (Å²) in [5, 5.41) is 5.34. The molecule has 0 aromatic carbocycles. The Balaban J connectivity index is 1.83. The molecule has 0 atom stereocenters. The molecule has 2 amide bonds. The van der Waals surface area contributed by atoms with Crippen LogP contribution in [0.3, 0.4) is 0 Å². The summed E-state index contributed by atoms with van der Waals surface area (Å²) >= 11 is 5.04. The van der Waals surface area contributed by atoms with Crippen molar-refractivity contribution in [2.45, 2.75) is 33.3 Å². The summed E-state index contributed by atoms with van der Waals surface area (Å²) < 4.78 is 10.2. The fourth-order valence-electron chi connectivity index (χ4n) is 2.53. The van der Waals surface area contributed by atoms with Gasteiger partial charge in [0.15, 0.2) is 5.11 Å². The van der Waals surface area contributed by atoms with Gasteiger partial charge in [-0.2, -0.15) is 0 Å². The standard InChI is InChI=1S/C18H27N5O4S/c1-5-26-16(24)21-15(28)20-14-7-6-13(12-19-14)22-8-10-23(11-9-22)17(25)27-18(2,3)4/h6-7,12H,5,8-11H2,1-4H3,(H2,19,20,21,24,28). The van der Waals surface area contributed by atoms with Gasteiger partial charge >= 0.3 is 12.2 Å². The summed E-state index contributed by atoms with van der Waals surface area (Å²) in [6.45, 7) is 10.1. The molecule has 154 valence electrons. The van der Waals surface area contributed by atoms with E-state index in [1.54, 1.807) is 24.1 Å². The van der Waals surface area contributed by atoms with Gasteiger partial charge in [0.1, 0.15) is 11.4 Å². The molecule has 1 fully saturated rings. The van der Waals surface area contributed by atoms with Gasteiger partial charge < -0.3 is 24.6 Å². The predicted octanol–water partition coefficient (Wildman–Crippen LogP) is 2.58. The number of carbonyl (C=O) groups is 2. The maximum Gasteiger partial charge on any atom is 0.413 e. The lowest BCUT2D eigenvalue weighted by Gasteiger charge is -2.36. The molecule has 2 N–H and O–H groups in total. The van der Waals surface area contributed by atoms with Crippen molar-refractivity contribution in [3.05, 3.63) is 18.3 Å². The number of rotatable bonds is 3. The zero-order chi connectivity index (χ0) is 20.7. The van der Waals surface area contributed by atoms with Crippen molar-refractivity contribution in [2.24, 2.45) is 0 Å². The first-order chi connectivity index (χ1) is 13.2. The van der Waals surface area contributed by atoms with E-state index in [0.29, 0.717) is 32.0 Å². The van der Waals surface area contributed by atoms with Gasteiger partial charge in [-0.05, 0) is 52.0 Å². The SMILES string of the molecule is CCOC(=O)NC(=S)Nc1ccc(N2CCN(C(=O)OC(C)(C)C)CC2)cn1. The molecule has 1 aromatic rings. The molecule has 1 aliphatic rings. The molecule has 0 bridgehead atoms. The van der Waals surface area contributed by atoms with Gasteiger partial charge in [-0.1, -0.05) is 0 Å². The molecule has 2 rings (SSSR count). The first kappa shape index (κ1) is 21.7. The van der Waals surface area contributed by atoms with Crippen LogP contribution in [-0.2, 0) is 9.47 Å². The van der Waals surface area contributed by atoms with E-state index in [4.69, 9.17) is 21.7 Å². The van der Waals surface area contributed by atoms with Crippen LogP contribution in [0.25, 0.3) is 0 Å². The van der Waals surface area contributed by atoms with E-state index in [1.807, 2.05) is 26.8 Å². The zero-order valence-corrected chi connectivity index (χ0v) is 17.5. The number of nitrogens with one attached hydrogen (secondary N) is 2. The molecule has 28 heavy (non-hydrogen) atoms. The van der Waals surface area contributed by atoms with Crippen LogP contribution >= 0.6 is 12.2 Å². The van der Waals surface area contributed by atoms with Gasteiger partial charge in [0.05, 0.1) is 18.5 Å². The third kappa shape index (κ3) is 6.84. The van der Waals surface area contributed by atoms with Crippen LogP contribution in [-0.4, -0.2) is 65.6 Å². The molecule has 1 aromatic heterocycles. The van der Waals surface area contributed by atoms with Crippen LogP contribution < -0.4 is 15.5 Å². The summed E-state index contributed by atoms with van der Waals surface area (Å²) in [6.07, 6.45) is 0.824. The third-order valence-corrected chi connectivity index (χ3v) is 3.98. The number of ether oxygens (including phenoxy) is 2. The Bertz CT molecular complexity index is 697. The molecule has 10 heteroatoms. The van der Waals surface area contributed by atoms with Gasteiger partial charge in [-0.15, -0.1) is 0 Å². The number of carbonyl (C=O) groups excluding carboxylic acids is 2. The number of amides is 2. The Morgan fingerprint density at radius 2 is 1.89 bits per heavy atom. The number of pyridine rings is 1. The van der Waals surface area contributed by atoms with Gasteiger partial charge in [0.25, 0.3) is 0 Å². The average Bonchev–Trinajstić information content (AvgIpc) is 2.61. The molecule has 0 aliphatic carbocycles. The van der Waals surface area contributed by atoms with Crippen LogP contribution in [0.1, 0.15) is 27.7 Å². The highest BCUT2D eigenvalue weighted by molar-refractivity contribution is 7.80. The second-order valence-corrected chi connectivity index (χ2v) is 7.56. The van der Waals surface area contributed by atoms with Crippen molar-refractivity contribution in [1.82, 2.24) is 15.2 Å². The maximum atomic E-state index is 12.1. The minimum absolute atomic E-state index is 0.115. The Morgan fingerprint density at radius 3 is 2.43 bits per heavy atom. The van der Waals surface area contributed by atoms with E-state index in [-0.39, 0.29) is 17.8 Å². The smallest absolute Gasteiger partial charge is 0.413 e. The molecule has 0 saturated carbocycles. The number of piperazine rings is 1. The summed E-state index contributed by atoms with van der Waals surface area (Å²) in [5.41, 5.74) is 0.447. The van der Waals surface area contributed by atoms with E-state index in [9.17, 15) is 9.59 Å². The lowest BCUT2D eigenvalue weighted by molar-refractivity contribution is 0.0240. The Morgan fingerprint density at radius 1 is 1.21 bits per heavy atom. The van der Waals surface area contributed by atoms with Crippen LogP contribution in [0.15, 0.2) is 18.3 Å². The summed E-state index contributed by atoms with van der Waals surface area (Å²) in [7, 11) is 0. The minimum Gasteiger partial charge on any atom is -0.450 e. The lowest BCUT2D eigenvalue weighted by Crippen LogP contribution is -2.50. The summed E-state index contributed by atoms with van der Waals surface area (Å²) in [5.74, 6) is 0.512. The van der Waals surface area contributed by atoms with Crippen molar-refractivity contribution in [1.29, 1.82) is 0 Å². The van der Waals surface area contributed by atoms with E-state index in [1.165, 1.54) is 0 Å². The van der Waals surface area contributed by atoms with Crippen LogP contribution in [0.5, 0.6) is 0 Å². The van der Waals surface area contributed by atoms with E-state index >= 15 is 0 Å². The largest absolute Gasteiger partial charge is 0.450 e. The normalized spacial score (nSPS) is 14.3. The van der Waals surface area contributed by atoms with Crippen molar-refractivity contribution >= 4 is 41.0 Å². The lowest BCUT2D eigenvalue weighted by atomic mass is 10.2. The summed E-state index contributed by atoms with van der Waals surface area (Å²) in [4.78, 5) is 31.6. The third-order valence-electron chi connectivity index (χ3n) is 3.78. The highest BCUT2D eigenvalue weighted by atomic mass is 32.1. The predicted molar refractivity (Wildman–Crippen MR) is 111 cm³/mol. The zero-order valence-electron chi connectivity index (χ0n) is 16.7. The van der Waals surface area contributed by atoms with Gasteiger partial charge in [0.2, 0.25) is 0 Å². The number of nitrogens with zero attached hydrogens (tertiary/aromatic N) is 3. The molecule has 1 saturated heterocycles. The maximum absolute atomic E-state index is 12.1.